The van der Waals surface area contributed by atoms with Crippen LogP contribution in [0.1, 0.15) is 64.9 Å². The molecular formula is C23H33NO. The van der Waals surface area contributed by atoms with Crippen molar-refractivity contribution in [3.05, 3.63) is 48.2 Å². The van der Waals surface area contributed by atoms with E-state index in [4.69, 9.17) is 4.74 Å². The van der Waals surface area contributed by atoms with E-state index in [1.165, 1.54) is 37.7 Å². The molecule has 25 heavy (non-hydrogen) atoms. The highest BCUT2D eigenvalue weighted by Crippen LogP contribution is 2.21. The molecule has 1 aromatic carbocycles. The van der Waals surface area contributed by atoms with E-state index in [-0.39, 0.29) is 0 Å². The highest BCUT2D eigenvalue weighted by Gasteiger charge is 2.02. The normalized spacial score (nSPS) is 12.1. The molecule has 0 saturated heterocycles. The summed E-state index contributed by atoms with van der Waals surface area (Å²) in [5.41, 5.74) is 3.51. The molecule has 0 bridgehead atoms. The zero-order valence-electron chi connectivity index (χ0n) is 16.1. The van der Waals surface area contributed by atoms with Gasteiger partial charge in [0.2, 0.25) is 0 Å². The third-order valence-electron chi connectivity index (χ3n) is 4.85. The van der Waals surface area contributed by atoms with Crippen LogP contribution in [-0.4, -0.2) is 11.6 Å². The Bertz CT molecular complexity index is 588. The maximum absolute atomic E-state index is 5.85. The van der Waals surface area contributed by atoms with Crippen molar-refractivity contribution >= 4 is 0 Å². The van der Waals surface area contributed by atoms with Gasteiger partial charge in [-0.2, -0.15) is 0 Å². The first-order valence-electron chi connectivity index (χ1n) is 9.91. The number of hydrogen-bond acceptors (Lipinski definition) is 2. The van der Waals surface area contributed by atoms with Crippen molar-refractivity contribution in [3.8, 4) is 17.0 Å². The number of unbranched alkanes of at least 4 members (excludes halogenated alkanes) is 2. The molecule has 0 spiro atoms. The number of pyridine rings is 1. The van der Waals surface area contributed by atoms with E-state index in [0.29, 0.717) is 0 Å². The Labute approximate surface area is 153 Å². The average Bonchev–Trinajstić information content (AvgIpc) is 2.66. The van der Waals surface area contributed by atoms with Crippen LogP contribution in [0.15, 0.2) is 42.6 Å². The second kappa shape index (κ2) is 10.9. The van der Waals surface area contributed by atoms with Crippen molar-refractivity contribution in [1.29, 1.82) is 0 Å². The van der Waals surface area contributed by atoms with E-state index >= 15 is 0 Å². The minimum absolute atomic E-state index is 0.794. The Balaban J connectivity index is 1.82. The fourth-order valence-electron chi connectivity index (χ4n) is 2.87. The first-order chi connectivity index (χ1) is 12.2. The van der Waals surface area contributed by atoms with Crippen molar-refractivity contribution in [2.45, 2.75) is 65.7 Å². The first-order valence-corrected chi connectivity index (χ1v) is 9.91. The number of benzene rings is 1. The topological polar surface area (TPSA) is 22.1 Å². The summed E-state index contributed by atoms with van der Waals surface area (Å²) >= 11 is 0. The molecule has 2 nitrogen and oxygen atoms in total. The van der Waals surface area contributed by atoms with Crippen molar-refractivity contribution in [2.75, 3.05) is 6.61 Å². The van der Waals surface area contributed by atoms with Gasteiger partial charge in [0.25, 0.3) is 0 Å². The Morgan fingerprint density at radius 1 is 0.960 bits per heavy atom. The van der Waals surface area contributed by atoms with E-state index in [1.54, 1.807) is 0 Å². The zero-order valence-corrected chi connectivity index (χ0v) is 16.1. The average molecular weight is 340 g/mol. The predicted molar refractivity (Wildman–Crippen MR) is 107 cm³/mol. The lowest BCUT2D eigenvalue weighted by Gasteiger charge is -2.10. The second-order valence-corrected chi connectivity index (χ2v) is 7.04. The molecule has 2 heteroatoms. The summed E-state index contributed by atoms with van der Waals surface area (Å²) in [6.45, 7) is 7.59. The quantitative estimate of drug-likeness (QED) is 0.426. The fraction of sp³-hybridized carbons (Fsp3) is 0.522. The number of ether oxygens (including phenoxy) is 1. The summed E-state index contributed by atoms with van der Waals surface area (Å²) in [6.07, 6.45) is 10.6. The van der Waals surface area contributed by atoms with E-state index in [2.05, 4.69) is 62.2 Å². The zero-order chi connectivity index (χ0) is 17.9. The molecule has 2 aromatic rings. The van der Waals surface area contributed by atoms with Crippen molar-refractivity contribution in [3.63, 3.8) is 0 Å². The van der Waals surface area contributed by atoms with Crippen LogP contribution in [0.3, 0.4) is 0 Å². The smallest absolute Gasteiger partial charge is 0.119 e. The highest BCUT2D eigenvalue weighted by atomic mass is 16.5. The summed E-state index contributed by atoms with van der Waals surface area (Å²) in [5.74, 6) is 1.74. The molecule has 0 amide bonds. The summed E-state index contributed by atoms with van der Waals surface area (Å²) in [7, 11) is 0. The largest absolute Gasteiger partial charge is 0.494 e. The monoisotopic (exact) mass is 339 g/mol. The van der Waals surface area contributed by atoms with Crippen LogP contribution in [0.2, 0.25) is 0 Å². The van der Waals surface area contributed by atoms with Crippen LogP contribution in [0.25, 0.3) is 11.3 Å². The molecular weight excluding hydrogens is 306 g/mol. The van der Waals surface area contributed by atoms with Crippen molar-refractivity contribution in [2.24, 2.45) is 5.92 Å². The van der Waals surface area contributed by atoms with Crippen LogP contribution >= 0.6 is 0 Å². The van der Waals surface area contributed by atoms with Gasteiger partial charge in [-0.15, -0.1) is 0 Å². The summed E-state index contributed by atoms with van der Waals surface area (Å²) in [5, 5.41) is 0. The van der Waals surface area contributed by atoms with Crippen molar-refractivity contribution < 1.29 is 4.74 Å². The van der Waals surface area contributed by atoms with Gasteiger partial charge in [-0.05, 0) is 67.5 Å². The summed E-state index contributed by atoms with van der Waals surface area (Å²) < 4.78 is 5.85. The molecule has 0 aliphatic carbocycles. The van der Waals surface area contributed by atoms with Gasteiger partial charge >= 0.3 is 0 Å². The minimum Gasteiger partial charge on any atom is -0.494 e. The number of aryl methyl sites for hydroxylation is 1. The van der Waals surface area contributed by atoms with Gasteiger partial charge in [0.15, 0.2) is 0 Å². The van der Waals surface area contributed by atoms with Crippen LogP contribution in [-0.2, 0) is 6.42 Å². The molecule has 0 aliphatic rings. The Morgan fingerprint density at radius 3 is 2.40 bits per heavy atom. The molecule has 0 N–H and O–H groups in total. The number of nitrogens with zero attached hydrogens (tertiary/aromatic N) is 1. The third kappa shape index (κ3) is 6.89. The van der Waals surface area contributed by atoms with E-state index in [0.717, 1.165) is 42.4 Å². The molecule has 0 aliphatic heterocycles. The number of aromatic nitrogens is 1. The van der Waals surface area contributed by atoms with Crippen molar-refractivity contribution in [1.82, 2.24) is 4.98 Å². The van der Waals surface area contributed by atoms with Gasteiger partial charge in [-0.3, -0.25) is 4.98 Å². The Hall–Kier alpha value is -1.83. The second-order valence-electron chi connectivity index (χ2n) is 7.04. The molecule has 136 valence electrons. The lowest BCUT2D eigenvalue weighted by atomic mass is 10.0. The van der Waals surface area contributed by atoms with Crippen LogP contribution < -0.4 is 4.74 Å². The lowest BCUT2D eigenvalue weighted by molar-refractivity contribution is 0.294. The maximum atomic E-state index is 5.85. The molecule has 1 aromatic heterocycles. The molecule has 2 rings (SSSR count). The van der Waals surface area contributed by atoms with Crippen LogP contribution in [0.5, 0.6) is 5.75 Å². The molecule has 1 unspecified atom stereocenters. The van der Waals surface area contributed by atoms with Gasteiger partial charge in [0, 0.05) is 11.8 Å². The highest BCUT2D eigenvalue weighted by molar-refractivity contribution is 5.60. The van der Waals surface area contributed by atoms with E-state index in [1.807, 2.05) is 6.20 Å². The fourth-order valence-corrected chi connectivity index (χ4v) is 2.87. The summed E-state index contributed by atoms with van der Waals surface area (Å²) in [4.78, 5) is 4.62. The van der Waals surface area contributed by atoms with Gasteiger partial charge in [-0.1, -0.05) is 46.1 Å². The lowest BCUT2D eigenvalue weighted by Crippen LogP contribution is -2.00. The third-order valence-corrected chi connectivity index (χ3v) is 4.85. The number of rotatable bonds is 11. The summed E-state index contributed by atoms with van der Waals surface area (Å²) in [6, 6.07) is 12.6. The molecule has 1 atom stereocenters. The molecule has 0 radical (unpaired) electrons. The Kier molecular flexibility index (Phi) is 8.51. The number of hydrogen-bond donors (Lipinski definition) is 0. The molecule has 0 fully saturated rings. The van der Waals surface area contributed by atoms with E-state index < -0.39 is 0 Å². The van der Waals surface area contributed by atoms with Crippen LogP contribution in [0, 0.1) is 5.92 Å². The van der Waals surface area contributed by atoms with Gasteiger partial charge < -0.3 is 4.74 Å². The van der Waals surface area contributed by atoms with Gasteiger partial charge in [-0.25, -0.2) is 0 Å². The van der Waals surface area contributed by atoms with Gasteiger partial charge in [0.1, 0.15) is 5.75 Å². The van der Waals surface area contributed by atoms with Gasteiger partial charge in [0.05, 0.1) is 12.3 Å². The standard InChI is InChI=1S/C23H33NO/c1-4-6-7-10-20-11-16-23(24-18-20)21-12-14-22(15-13-21)25-17-8-9-19(3)5-2/h11-16,18-19H,4-10,17H2,1-3H3. The maximum Gasteiger partial charge on any atom is 0.119 e. The molecule has 0 saturated carbocycles. The van der Waals surface area contributed by atoms with E-state index in [9.17, 15) is 0 Å². The predicted octanol–water partition coefficient (Wildman–Crippen LogP) is 6.69. The molecule has 1 heterocycles. The first kappa shape index (κ1) is 19.5. The SMILES string of the molecule is CCCCCc1ccc(-c2ccc(OCCCC(C)CC)cc2)nc1. The van der Waals surface area contributed by atoms with Crippen LogP contribution in [0.4, 0.5) is 0 Å². The Morgan fingerprint density at radius 2 is 1.76 bits per heavy atom. The minimum atomic E-state index is 0.794.